The molecule has 3 rings (SSSR count). The highest BCUT2D eigenvalue weighted by Crippen LogP contribution is 2.35. The first-order chi connectivity index (χ1) is 12.1. The van der Waals surface area contributed by atoms with Crippen LogP contribution in [0.15, 0.2) is 36.4 Å². The topological polar surface area (TPSA) is 74.2 Å². The van der Waals surface area contributed by atoms with Crippen molar-refractivity contribution in [3.05, 3.63) is 47.5 Å². The summed E-state index contributed by atoms with van der Waals surface area (Å²) in [6.45, 7) is 2.54. The molecule has 0 saturated carbocycles. The molecule has 1 aliphatic rings. The minimum Gasteiger partial charge on any atom is -0.493 e. The fourth-order valence-electron chi connectivity index (χ4n) is 2.55. The Morgan fingerprint density at radius 3 is 2.68 bits per heavy atom. The molecule has 1 N–H and O–H groups in total. The number of hydrogen-bond acceptors (Lipinski definition) is 5. The van der Waals surface area contributed by atoms with Gasteiger partial charge in [0.2, 0.25) is 6.79 Å². The lowest BCUT2D eigenvalue weighted by atomic mass is 10.0. The number of rotatable bonds is 6. The molecule has 0 saturated heterocycles. The number of carboxylic acids is 1. The van der Waals surface area contributed by atoms with Gasteiger partial charge in [0.25, 0.3) is 0 Å². The van der Waals surface area contributed by atoms with Gasteiger partial charge < -0.3 is 24.1 Å². The van der Waals surface area contributed by atoms with Crippen molar-refractivity contribution in [3.8, 4) is 23.0 Å². The van der Waals surface area contributed by atoms with E-state index < -0.39 is 5.97 Å². The third-order valence-electron chi connectivity index (χ3n) is 3.71. The van der Waals surface area contributed by atoms with Crippen LogP contribution in [0.4, 0.5) is 0 Å². The quantitative estimate of drug-likeness (QED) is 0.640. The molecule has 0 unspecified atom stereocenters. The van der Waals surface area contributed by atoms with Gasteiger partial charge in [0.05, 0.1) is 19.3 Å². The van der Waals surface area contributed by atoms with Crippen LogP contribution in [-0.2, 0) is 4.79 Å². The van der Waals surface area contributed by atoms with E-state index in [9.17, 15) is 9.90 Å². The van der Waals surface area contributed by atoms with Gasteiger partial charge in [-0.15, -0.1) is 0 Å². The summed E-state index contributed by atoms with van der Waals surface area (Å²) in [5.74, 6) is 1.27. The Balaban J connectivity index is 1.99. The molecule has 6 nitrogen and oxygen atoms in total. The Morgan fingerprint density at radius 1 is 1.16 bits per heavy atom. The fraction of sp³-hybridized carbons (Fsp3) is 0.211. The van der Waals surface area contributed by atoms with Gasteiger partial charge in [0.15, 0.2) is 23.0 Å². The second kappa shape index (κ2) is 7.17. The molecule has 2 aromatic rings. The van der Waals surface area contributed by atoms with Gasteiger partial charge in [-0.25, -0.2) is 4.79 Å². The molecule has 0 radical (unpaired) electrons. The monoisotopic (exact) mass is 342 g/mol. The van der Waals surface area contributed by atoms with Gasteiger partial charge in [-0.05, 0) is 48.4 Å². The van der Waals surface area contributed by atoms with Crippen LogP contribution in [0.25, 0.3) is 11.6 Å². The number of benzene rings is 2. The Morgan fingerprint density at radius 2 is 1.96 bits per heavy atom. The Hall–Kier alpha value is -3.15. The largest absolute Gasteiger partial charge is 0.493 e. The van der Waals surface area contributed by atoms with Crippen LogP contribution in [0.3, 0.4) is 0 Å². The van der Waals surface area contributed by atoms with E-state index >= 15 is 0 Å². The van der Waals surface area contributed by atoms with Gasteiger partial charge in [-0.2, -0.15) is 0 Å². The van der Waals surface area contributed by atoms with Crippen LogP contribution in [0.1, 0.15) is 18.1 Å². The molecule has 1 heterocycles. The molecule has 2 aromatic carbocycles. The molecule has 0 aliphatic carbocycles. The van der Waals surface area contributed by atoms with Crippen molar-refractivity contribution in [3.63, 3.8) is 0 Å². The Bertz CT molecular complexity index is 825. The van der Waals surface area contributed by atoms with E-state index in [-0.39, 0.29) is 12.4 Å². The van der Waals surface area contributed by atoms with Crippen LogP contribution >= 0.6 is 0 Å². The van der Waals surface area contributed by atoms with Gasteiger partial charge in [0, 0.05) is 0 Å². The molecule has 0 atom stereocenters. The van der Waals surface area contributed by atoms with E-state index in [0.29, 0.717) is 40.7 Å². The average molecular weight is 342 g/mol. The predicted octanol–water partition coefficient (Wildman–Crippen LogP) is 3.45. The third-order valence-corrected chi connectivity index (χ3v) is 3.71. The summed E-state index contributed by atoms with van der Waals surface area (Å²) in [7, 11) is 1.54. The van der Waals surface area contributed by atoms with E-state index in [0.717, 1.165) is 0 Å². The highest BCUT2D eigenvalue weighted by Gasteiger charge is 2.18. The van der Waals surface area contributed by atoms with Crippen molar-refractivity contribution in [1.82, 2.24) is 0 Å². The molecule has 6 heteroatoms. The number of carboxylic acid groups (broad SMARTS) is 1. The summed E-state index contributed by atoms with van der Waals surface area (Å²) in [4.78, 5) is 11.7. The van der Waals surface area contributed by atoms with Crippen molar-refractivity contribution < 1.29 is 28.8 Å². The summed E-state index contributed by atoms with van der Waals surface area (Å²) in [6.07, 6.45) is 1.58. The van der Waals surface area contributed by atoms with Crippen molar-refractivity contribution in [2.75, 3.05) is 20.5 Å². The predicted molar refractivity (Wildman–Crippen MR) is 92.2 cm³/mol. The fourth-order valence-corrected chi connectivity index (χ4v) is 2.55. The highest BCUT2D eigenvalue weighted by molar-refractivity contribution is 6.20. The summed E-state index contributed by atoms with van der Waals surface area (Å²) in [5.41, 5.74) is 1.37. The minimum atomic E-state index is -1.04. The lowest BCUT2D eigenvalue weighted by Crippen LogP contribution is -2.00. The maximum absolute atomic E-state index is 11.7. The second-order valence-electron chi connectivity index (χ2n) is 5.27. The molecule has 25 heavy (non-hydrogen) atoms. The smallest absolute Gasteiger partial charge is 0.336 e. The highest BCUT2D eigenvalue weighted by atomic mass is 16.7. The standard InChI is InChI=1S/C19H18O6/c1-3-23-15-6-4-12(9-17(15)22-2)8-14(19(20)21)13-5-7-16-18(10-13)25-11-24-16/h4-10H,3,11H2,1-2H3,(H,20,21)/b14-8-. The molecular weight excluding hydrogens is 324 g/mol. The molecule has 0 aromatic heterocycles. The van der Waals surface area contributed by atoms with Gasteiger partial charge in [-0.1, -0.05) is 12.1 Å². The Labute approximate surface area is 145 Å². The zero-order valence-corrected chi connectivity index (χ0v) is 13.9. The van der Waals surface area contributed by atoms with Crippen molar-refractivity contribution in [2.45, 2.75) is 6.92 Å². The average Bonchev–Trinajstić information content (AvgIpc) is 3.08. The summed E-state index contributed by atoms with van der Waals surface area (Å²) in [5, 5.41) is 9.61. The van der Waals surface area contributed by atoms with Crippen molar-refractivity contribution >= 4 is 17.6 Å². The maximum Gasteiger partial charge on any atom is 0.336 e. The number of hydrogen-bond donors (Lipinski definition) is 1. The zero-order chi connectivity index (χ0) is 17.8. The first kappa shape index (κ1) is 16.7. The number of carbonyl (C=O) groups is 1. The SMILES string of the molecule is CCOc1ccc(/C=C(\C(=O)O)c2ccc3c(c2)OCO3)cc1OC. The first-order valence-electron chi connectivity index (χ1n) is 7.78. The summed E-state index contributed by atoms with van der Waals surface area (Å²) >= 11 is 0. The normalized spacial score (nSPS) is 12.8. The van der Waals surface area contributed by atoms with E-state index in [1.54, 1.807) is 49.6 Å². The minimum absolute atomic E-state index is 0.140. The van der Waals surface area contributed by atoms with E-state index in [2.05, 4.69) is 0 Å². The third kappa shape index (κ3) is 3.52. The van der Waals surface area contributed by atoms with E-state index in [1.165, 1.54) is 0 Å². The van der Waals surface area contributed by atoms with Crippen LogP contribution in [-0.4, -0.2) is 31.6 Å². The first-order valence-corrected chi connectivity index (χ1v) is 7.78. The number of fused-ring (bicyclic) bond motifs is 1. The van der Waals surface area contributed by atoms with Crippen LogP contribution in [0.2, 0.25) is 0 Å². The summed E-state index contributed by atoms with van der Waals surface area (Å²) < 4.78 is 21.4. The van der Waals surface area contributed by atoms with E-state index in [1.807, 2.05) is 6.92 Å². The summed E-state index contributed by atoms with van der Waals surface area (Å²) in [6, 6.07) is 10.3. The maximum atomic E-state index is 11.7. The van der Waals surface area contributed by atoms with E-state index in [4.69, 9.17) is 18.9 Å². The van der Waals surface area contributed by atoms with Gasteiger partial charge in [0.1, 0.15) is 0 Å². The number of aliphatic carboxylic acids is 1. The van der Waals surface area contributed by atoms with Crippen molar-refractivity contribution in [2.24, 2.45) is 0 Å². The van der Waals surface area contributed by atoms with Crippen molar-refractivity contribution in [1.29, 1.82) is 0 Å². The molecule has 0 fully saturated rings. The van der Waals surface area contributed by atoms with Gasteiger partial charge >= 0.3 is 5.97 Å². The molecule has 0 bridgehead atoms. The van der Waals surface area contributed by atoms with Gasteiger partial charge in [-0.3, -0.25) is 0 Å². The number of methoxy groups -OCH3 is 1. The second-order valence-corrected chi connectivity index (χ2v) is 5.27. The van der Waals surface area contributed by atoms with Crippen LogP contribution in [0, 0.1) is 0 Å². The molecule has 0 spiro atoms. The molecule has 0 amide bonds. The molecular formula is C19H18O6. The Kier molecular flexibility index (Phi) is 4.79. The lowest BCUT2D eigenvalue weighted by Gasteiger charge is -2.10. The van der Waals surface area contributed by atoms with Crippen LogP contribution < -0.4 is 18.9 Å². The van der Waals surface area contributed by atoms with Crippen LogP contribution in [0.5, 0.6) is 23.0 Å². The lowest BCUT2D eigenvalue weighted by molar-refractivity contribution is -0.130. The number of ether oxygens (including phenoxy) is 4. The zero-order valence-electron chi connectivity index (χ0n) is 13.9. The molecule has 130 valence electrons. The molecule has 1 aliphatic heterocycles.